The van der Waals surface area contributed by atoms with Gasteiger partial charge in [0.15, 0.2) is 5.78 Å². The van der Waals surface area contributed by atoms with Gasteiger partial charge in [-0.1, -0.05) is 0 Å². The molecule has 0 radical (unpaired) electrons. The molecule has 0 saturated carbocycles. The van der Waals surface area contributed by atoms with Crippen molar-refractivity contribution >= 4 is 29.0 Å². The lowest BCUT2D eigenvalue weighted by Crippen LogP contribution is -2.47. The van der Waals surface area contributed by atoms with Crippen molar-refractivity contribution in [2.75, 3.05) is 6.54 Å². The van der Waals surface area contributed by atoms with Crippen LogP contribution >= 0.6 is 11.3 Å². The summed E-state index contributed by atoms with van der Waals surface area (Å²) in [6.45, 7) is 1.90. The lowest BCUT2D eigenvalue weighted by Gasteiger charge is -2.32. The molecule has 6 heteroatoms. The second-order valence-corrected chi connectivity index (χ2v) is 5.52. The van der Waals surface area contributed by atoms with Crippen molar-refractivity contribution in [3.63, 3.8) is 0 Å². The number of carboxylic acids is 1. The van der Waals surface area contributed by atoms with E-state index < -0.39 is 12.0 Å². The van der Waals surface area contributed by atoms with Gasteiger partial charge in [0.2, 0.25) is 0 Å². The van der Waals surface area contributed by atoms with Gasteiger partial charge in [-0.15, -0.1) is 11.3 Å². The SMILES string of the molecule is CC(=O)c1csc(C(=O)N2CCCCC2C(=O)O)c1. The Balaban J connectivity index is 2.21. The third-order valence-electron chi connectivity index (χ3n) is 3.27. The Morgan fingerprint density at radius 1 is 1.37 bits per heavy atom. The number of nitrogens with zero attached hydrogens (tertiary/aromatic N) is 1. The zero-order valence-corrected chi connectivity index (χ0v) is 11.4. The van der Waals surface area contributed by atoms with Gasteiger partial charge in [0.25, 0.3) is 5.91 Å². The molecule has 5 nitrogen and oxygen atoms in total. The summed E-state index contributed by atoms with van der Waals surface area (Å²) in [6.07, 6.45) is 2.14. The number of carbonyl (C=O) groups excluding carboxylic acids is 2. The van der Waals surface area contributed by atoms with Gasteiger partial charge >= 0.3 is 5.97 Å². The predicted molar refractivity (Wildman–Crippen MR) is 70.6 cm³/mol. The first-order valence-electron chi connectivity index (χ1n) is 6.14. The molecule has 1 aromatic heterocycles. The molecule has 0 spiro atoms. The molecule has 1 amide bonds. The Morgan fingerprint density at radius 3 is 2.68 bits per heavy atom. The third kappa shape index (κ3) is 2.84. The Kier molecular flexibility index (Phi) is 3.99. The average Bonchev–Trinajstić information content (AvgIpc) is 2.87. The van der Waals surface area contributed by atoms with Gasteiger partial charge in [-0.3, -0.25) is 9.59 Å². The quantitative estimate of drug-likeness (QED) is 0.860. The molecular formula is C13H15NO4S. The topological polar surface area (TPSA) is 74.7 Å². The minimum absolute atomic E-state index is 0.0938. The van der Waals surface area contributed by atoms with E-state index in [9.17, 15) is 14.4 Å². The van der Waals surface area contributed by atoms with E-state index in [0.29, 0.717) is 23.4 Å². The summed E-state index contributed by atoms with van der Waals surface area (Å²) in [7, 11) is 0. The van der Waals surface area contributed by atoms with Gasteiger partial charge in [-0.2, -0.15) is 0 Å². The van der Waals surface area contributed by atoms with E-state index in [0.717, 1.165) is 12.8 Å². The monoisotopic (exact) mass is 281 g/mol. The summed E-state index contributed by atoms with van der Waals surface area (Å²) in [5, 5.41) is 10.8. The van der Waals surface area contributed by atoms with Crippen LogP contribution in [0.5, 0.6) is 0 Å². The number of aliphatic carboxylic acids is 1. The number of rotatable bonds is 3. The van der Waals surface area contributed by atoms with Gasteiger partial charge in [0.05, 0.1) is 4.88 Å². The van der Waals surface area contributed by atoms with E-state index in [1.165, 1.54) is 23.2 Å². The van der Waals surface area contributed by atoms with Gasteiger partial charge in [-0.05, 0) is 32.3 Å². The van der Waals surface area contributed by atoms with E-state index in [-0.39, 0.29) is 11.7 Å². The molecule has 1 aromatic rings. The maximum absolute atomic E-state index is 12.3. The molecule has 0 aromatic carbocycles. The molecular weight excluding hydrogens is 266 g/mol. The van der Waals surface area contributed by atoms with E-state index in [4.69, 9.17) is 5.11 Å². The molecule has 1 fully saturated rings. The molecule has 1 unspecified atom stereocenters. The van der Waals surface area contributed by atoms with Crippen molar-refractivity contribution < 1.29 is 19.5 Å². The fourth-order valence-electron chi connectivity index (χ4n) is 2.21. The molecule has 1 aliphatic rings. The number of Topliss-reactive ketones (excluding diaryl/α,β-unsaturated/α-hetero) is 1. The molecule has 1 aliphatic heterocycles. The first-order chi connectivity index (χ1) is 9.00. The first kappa shape index (κ1) is 13.7. The number of thiophene rings is 1. The third-order valence-corrected chi connectivity index (χ3v) is 4.18. The molecule has 19 heavy (non-hydrogen) atoms. The number of likely N-dealkylation sites (tertiary alicyclic amines) is 1. The van der Waals surface area contributed by atoms with Crippen LogP contribution in [0, 0.1) is 0 Å². The normalized spacial score (nSPS) is 19.2. The van der Waals surface area contributed by atoms with Crippen LogP contribution in [0.4, 0.5) is 0 Å². The second-order valence-electron chi connectivity index (χ2n) is 4.60. The highest BCUT2D eigenvalue weighted by Gasteiger charge is 2.33. The number of carboxylic acid groups (broad SMARTS) is 1. The van der Waals surface area contributed by atoms with Crippen molar-refractivity contribution in [1.82, 2.24) is 4.90 Å². The molecule has 1 atom stereocenters. The number of amides is 1. The number of hydrogen-bond donors (Lipinski definition) is 1. The number of carbonyl (C=O) groups is 3. The fourth-order valence-corrected chi connectivity index (χ4v) is 3.11. The van der Waals surface area contributed by atoms with E-state index in [2.05, 4.69) is 0 Å². The van der Waals surface area contributed by atoms with E-state index in [1.54, 1.807) is 11.4 Å². The van der Waals surface area contributed by atoms with Crippen molar-refractivity contribution in [3.8, 4) is 0 Å². The van der Waals surface area contributed by atoms with Crippen molar-refractivity contribution in [2.45, 2.75) is 32.2 Å². The summed E-state index contributed by atoms with van der Waals surface area (Å²) >= 11 is 1.19. The van der Waals surface area contributed by atoms with Gasteiger partial charge < -0.3 is 10.0 Å². The van der Waals surface area contributed by atoms with Gasteiger partial charge in [0, 0.05) is 17.5 Å². The molecule has 2 heterocycles. The lowest BCUT2D eigenvalue weighted by atomic mass is 10.0. The highest BCUT2D eigenvalue weighted by Crippen LogP contribution is 2.23. The van der Waals surface area contributed by atoms with Crippen LogP contribution in [-0.4, -0.2) is 40.3 Å². The summed E-state index contributed by atoms with van der Waals surface area (Å²) in [5.41, 5.74) is 0.497. The smallest absolute Gasteiger partial charge is 0.326 e. The highest BCUT2D eigenvalue weighted by molar-refractivity contribution is 7.12. The molecule has 0 bridgehead atoms. The lowest BCUT2D eigenvalue weighted by molar-refractivity contribution is -0.143. The van der Waals surface area contributed by atoms with Crippen molar-refractivity contribution in [3.05, 3.63) is 21.9 Å². The van der Waals surface area contributed by atoms with Crippen LogP contribution in [-0.2, 0) is 4.79 Å². The minimum atomic E-state index is -0.962. The number of ketones is 1. The molecule has 0 aliphatic carbocycles. The molecule has 1 N–H and O–H groups in total. The average molecular weight is 281 g/mol. The Morgan fingerprint density at radius 2 is 2.11 bits per heavy atom. The molecule has 1 saturated heterocycles. The van der Waals surface area contributed by atoms with E-state index in [1.807, 2.05) is 0 Å². The van der Waals surface area contributed by atoms with Crippen LogP contribution < -0.4 is 0 Å². The summed E-state index contributed by atoms with van der Waals surface area (Å²) in [5.74, 6) is -1.34. The molecule has 2 rings (SSSR count). The van der Waals surface area contributed by atoms with Crippen molar-refractivity contribution in [1.29, 1.82) is 0 Å². The summed E-state index contributed by atoms with van der Waals surface area (Å²) in [4.78, 5) is 36.5. The highest BCUT2D eigenvalue weighted by atomic mass is 32.1. The maximum Gasteiger partial charge on any atom is 0.326 e. The van der Waals surface area contributed by atoms with Crippen LogP contribution in [0.2, 0.25) is 0 Å². The molecule has 102 valence electrons. The summed E-state index contributed by atoms with van der Waals surface area (Å²) < 4.78 is 0. The zero-order valence-electron chi connectivity index (χ0n) is 10.6. The number of hydrogen-bond acceptors (Lipinski definition) is 4. The van der Waals surface area contributed by atoms with Crippen LogP contribution in [0.1, 0.15) is 46.2 Å². The van der Waals surface area contributed by atoms with Gasteiger partial charge in [-0.25, -0.2) is 4.79 Å². The van der Waals surface area contributed by atoms with Crippen LogP contribution in [0.15, 0.2) is 11.4 Å². The van der Waals surface area contributed by atoms with Crippen LogP contribution in [0.25, 0.3) is 0 Å². The Labute approximate surface area is 114 Å². The predicted octanol–water partition coefficient (Wildman–Crippen LogP) is 2.03. The Hall–Kier alpha value is -1.69. The van der Waals surface area contributed by atoms with Gasteiger partial charge in [0.1, 0.15) is 6.04 Å². The maximum atomic E-state index is 12.3. The summed E-state index contributed by atoms with van der Waals surface area (Å²) in [6, 6.07) is 0.798. The zero-order chi connectivity index (χ0) is 14.0. The first-order valence-corrected chi connectivity index (χ1v) is 7.02. The van der Waals surface area contributed by atoms with E-state index >= 15 is 0 Å². The standard InChI is InChI=1S/C13H15NO4S/c1-8(15)9-6-11(19-7-9)12(16)14-5-3-2-4-10(14)13(17)18/h6-7,10H,2-5H2,1H3,(H,17,18). The van der Waals surface area contributed by atoms with Crippen molar-refractivity contribution in [2.24, 2.45) is 0 Å². The largest absolute Gasteiger partial charge is 0.480 e. The van der Waals surface area contributed by atoms with Crippen LogP contribution in [0.3, 0.4) is 0 Å². The Bertz CT molecular complexity index is 522. The minimum Gasteiger partial charge on any atom is -0.480 e. The fraction of sp³-hybridized carbons (Fsp3) is 0.462. The number of piperidine rings is 1. The second kappa shape index (κ2) is 5.52.